The monoisotopic (exact) mass is 386 g/mol. The van der Waals surface area contributed by atoms with Crippen LogP contribution in [-0.4, -0.2) is 24.3 Å². The fourth-order valence-corrected chi connectivity index (χ4v) is 3.92. The molecule has 5 heteroatoms. The minimum atomic E-state index is -0.718. The molecule has 0 saturated heterocycles. The van der Waals surface area contributed by atoms with Gasteiger partial charge in [-0.25, -0.2) is 0 Å². The maximum absolute atomic E-state index is 11.7. The predicted molar refractivity (Wildman–Crippen MR) is 107 cm³/mol. The number of carbonyl (C=O) groups excluding carboxylic acids is 2. The molecule has 4 unspecified atom stereocenters. The molecule has 4 atom stereocenters. The zero-order valence-electron chi connectivity index (χ0n) is 17.0. The summed E-state index contributed by atoms with van der Waals surface area (Å²) in [4.78, 5) is 23.3. The molecule has 0 N–H and O–H groups in total. The summed E-state index contributed by atoms with van der Waals surface area (Å²) in [5.74, 6) is -0.947. The Kier molecular flexibility index (Phi) is 7.89. The Labute approximate surface area is 167 Å². The largest absolute Gasteiger partial charge is 0.462 e. The van der Waals surface area contributed by atoms with E-state index < -0.39 is 18.4 Å². The van der Waals surface area contributed by atoms with Crippen molar-refractivity contribution in [3.63, 3.8) is 0 Å². The van der Waals surface area contributed by atoms with Gasteiger partial charge in [0, 0.05) is 31.8 Å². The standard InChI is InChI=1S/C23H30O5/c1-6-7-11-21(27-17(4)24)20-14-26-23(28-18(5)25)22-16(3)10-8-9-15(2)12-13-19(20)22/h7,9,14,19,21-23H,1,3,8,10-13H2,2,4-5H3. The Balaban J connectivity index is 2.45. The summed E-state index contributed by atoms with van der Waals surface area (Å²) in [5, 5.41) is 0. The lowest BCUT2D eigenvalue weighted by atomic mass is 9.74. The second-order valence-corrected chi connectivity index (χ2v) is 7.39. The molecule has 0 spiro atoms. The number of hydrogen-bond donors (Lipinski definition) is 0. The van der Waals surface area contributed by atoms with Gasteiger partial charge in [0.15, 0.2) is 0 Å². The lowest BCUT2D eigenvalue weighted by Crippen LogP contribution is -2.41. The fraction of sp³-hybridized carbons (Fsp3) is 0.522. The highest BCUT2D eigenvalue weighted by molar-refractivity contribution is 5.67. The third kappa shape index (κ3) is 5.74. The number of allylic oxidation sites excluding steroid dienone is 2. The predicted octanol–water partition coefficient (Wildman–Crippen LogP) is 4.76. The van der Waals surface area contributed by atoms with Gasteiger partial charge >= 0.3 is 11.9 Å². The van der Waals surface area contributed by atoms with Crippen molar-refractivity contribution in [3.05, 3.63) is 54.0 Å². The van der Waals surface area contributed by atoms with E-state index in [1.54, 1.807) is 12.3 Å². The SMILES string of the molecule is C=C=CCC(OC(C)=O)C1=COC(OC(C)=O)C2C(=C)CCC=C(C)CCC12. The van der Waals surface area contributed by atoms with E-state index in [2.05, 4.69) is 31.9 Å². The number of hydrogen-bond acceptors (Lipinski definition) is 5. The Morgan fingerprint density at radius 2 is 2.11 bits per heavy atom. The van der Waals surface area contributed by atoms with Crippen LogP contribution in [0.4, 0.5) is 0 Å². The van der Waals surface area contributed by atoms with E-state index in [0.29, 0.717) is 6.42 Å². The van der Waals surface area contributed by atoms with Gasteiger partial charge in [0.1, 0.15) is 6.10 Å². The van der Waals surface area contributed by atoms with E-state index in [9.17, 15) is 9.59 Å². The molecule has 0 aromatic rings. The summed E-state index contributed by atoms with van der Waals surface area (Å²) in [6.07, 6.45) is 8.26. The van der Waals surface area contributed by atoms with E-state index in [-0.39, 0.29) is 17.8 Å². The maximum Gasteiger partial charge on any atom is 0.305 e. The zero-order chi connectivity index (χ0) is 20.7. The third-order valence-corrected chi connectivity index (χ3v) is 5.21. The first-order chi connectivity index (χ1) is 13.3. The first-order valence-corrected chi connectivity index (χ1v) is 9.71. The Morgan fingerprint density at radius 3 is 2.75 bits per heavy atom. The van der Waals surface area contributed by atoms with Crippen molar-refractivity contribution in [3.8, 4) is 0 Å². The smallest absolute Gasteiger partial charge is 0.305 e. The molecule has 0 bridgehead atoms. The molecule has 0 aromatic heterocycles. The highest BCUT2D eigenvalue weighted by Crippen LogP contribution is 2.43. The normalized spacial score (nSPS) is 25.8. The first kappa shape index (κ1) is 21.8. The molecule has 1 aliphatic heterocycles. The van der Waals surface area contributed by atoms with E-state index in [1.165, 1.54) is 19.4 Å². The molecule has 2 rings (SSSR count). The molecule has 0 amide bonds. The average molecular weight is 386 g/mol. The summed E-state index contributed by atoms with van der Waals surface area (Å²) in [6, 6.07) is 0. The van der Waals surface area contributed by atoms with Crippen molar-refractivity contribution in [2.45, 2.75) is 65.3 Å². The van der Waals surface area contributed by atoms with Gasteiger partial charge in [0.25, 0.3) is 0 Å². The zero-order valence-corrected chi connectivity index (χ0v) is 17.0. The molecule has 0 saturated carbocycles. The molecule has 5 nitrogen and oxygen atoms in total. The number of carbonyl (C=O) groups is 2. The van der Waals surface area contributed by atoms with Gasteiger partial charge < -0.3 is 14.2 Å². The third-order valence-electron chi connectivity index (χ3n) is 5.21. The van der Waals surface area contributed by atoms with E-state index >= 15 is 0 Å². The number of esters is 2. The molecule has 28 heavy (non-hydrogen) atoms. The molecule has 1 heterocycles. The molecule has 1 aliphatic carbocycles. The second-order valence-electron chi connectivity index (χ2n) is 7.39. The molecule has 0 aromatic carbocycles. The van der Waals surface area contributed by atoms with Crippen molar-refractivity contribution in [1.29, 1.82) is 0 Å². The van der Waals surface area contributed by atoms with Crippen LogP contribution in [0.1, 0.15) is 52.9 Å². The minimum Gasteiger partial charge on any atom is -0.462 e. The van der Waals surface area contributed by atoms with Gasteiger partial charge in [-0.2, -0.15) is 0 Å². The van der Waals surface area contributed by atoms with Crippen LogP contribution in [0.5, 0.6) is 0 Å². The van der Waals surface area contributed by atoms with Crippen LogP contribution in [0.3, 0.4) is 0 Å². The van der Waals surface area contributed by atoms with Gasteiger partial charge in [-0.05, 0) is 38.7 Å². The van der Waals surface area contributed by atoms with Crippen molar-refractivity contribution in [1.82, 2.24) is 0 Å². The molecular weight excluding hydrogens is 356 g/mol. The van der Waals surface area contributed by atoms with Gasteiger partial charge in [0.05, 0.1) is 12.2 Å². The topological polar surface area (TPSA) is 61.8 Å². The van der Waals surface area contributed by atoms with Crippen LogP contribution >= 0.6 is 0 Å². The summed E-state index contributed by atoms with van der Waals surface area (Å²) in [5.41, 5.74) is 5.91. The number of rotatable bonds is 5. The van der Waals surface area contributed by atoms with E-state index in [1.807, 2.05) is 0 Å². The van der Waals surface area contributed by atoms with Gasteiger partial charge in [0.2, 0.25) is 6.29 Å². The lowest BCUT2D eigenvalue weighted by molar-refractivity contribution is -0.181. The summed E-state index contributed by atoms with van der Waals surface area (Å²) in [6.45, 7) is 12.8. The molecular formula is C23H30O5. The van der Waals surface area contributed by atoms with Gasteiger partial charge in [-0.15, -0.1) is 5.73 Å². The van der Waals surface area contributed by atoms with Crippen LogP contribution < -0.4 is 0 Å². The molecule has 0 fully saturated rings. The Bertz CT molecular complexity index is 719. The van der Waals surface area contributed by atoms with Gasteiger partial charge in [-0.3, -0.25) is 9.59 Å². The molecule has 0 radical (unpaired) electrons. The quantitative estimate of drug-likeness (QED) is 0.387. The Hall–Kier alpha value is -2.52. The van der Waals surface area contributed by atoms with Crippen molar-refractivity contribution < 1.29 is 23.8 Å². The van der Waals surface area contributed by atoms with Crippen LogP contribution in [0.15, 0.2) is 54.0 Å². The number of fused-ring (bicyclic) bond motifs is 1. The fourth-order valence-electron chi connectivity index (χ4n) is 3.92. The van der Waals surface area contributed by atoms with Crippen molar-refractivity contribution in [2.75, 3.05) is 0 Å². The Morgan fingerprint density at radius 1 is 1.36 bits per heavy atom. The molecule has 2 aliphatic rings. The summed E-state index contributed by atoms with van der Waals surface area (Å²) in [7, 11) is 0. The van der Waals surface area contributed by atoms with Crippen LogP contribution in [0, 0.1) is 11.8 Å². The summed E-state index contributed by atoms with van der Waals surface area (Å²) >= 11 is 0. The van der Waals surface area contributed by atoms with Crippen LogP contribution in [-0.2, 0) is 23.8 Å². The number of ether oxygens (including phenoxy) is 3. The van der Waals surface area contributed by atoms with Crippen molar-refractivity contribution >= 4 is 11.9 Å². The van der Waals surface area contributed by atoms with E-state index in [0.717, 1.165) is 36.8 Å². The summed E-state index contributed by atoms with van der Waals surface area (Å²) < 4.78 is 16.9. The minimum absolute atomic E-state index is 0.00499. The van der Waals surface area contributed by atoms with E-state index in [4.69, 9.17) is 14.2 Å². The lowest BCUT2D eigenvalue weighted by Gasteiger charge is -2.40. The maximum atomic E-state index is 11.7. The van der Waals surface area contributed by atoms with Gasteiger partial charge in [-0.1, -0.05) is 30.4 Å². The molecule has 152 valence electrons. The highest BCUT2D eigenvalue weighted by Gasteiger charge is 2.42. The van der Waals surface area contributed by atoms with Crippen LogP contribution in [0.2, 0.25) is 0 Å². The first-order valence-electron chi connectivity index (χ1n) is 9.71. The average Bonchev–Trinajstić information content (AvgIpc) is 2.68. The highest BCUT2D eigenvalue weighted by atomic mass is 16.7. The second kappa shape index (κ2) is 10.1. The van der Waals surface area contributed by atoms with Crippen molar-refractivity contribution in [2.24, 2.45) is 11.8 Å². The van der Waals surface area contributed by atoms with Crippen LogP contribution in [0.25, 0.3) is 0 Å².